The van der Waals surface area contributed by atoms with Gasteiger partial charge in [0.1, 0.15) is 32.1 Å². The maximum Gasteiger partial charge on any atom is 0.246 e. The average Bonchev–Trinajstić information content (AvgIpc) is 2.86. The van der Waals surface area contributed by atoms with E-state index in [4.69, 9.17) is 18.9 Å². The fourth-order valence-corrected chi connectivity index (χ4v) is 3.94. The third-order valence-electron chi connectivity index (χ3n) is 6.06. The Labute approximate surface area is 225 Å². The summed E-state index contributed by atoms with van der Waals surface area (Å²) in [6, 6.07) is 0. The predicted molar refractivity (Wildman–Crippen MR) is 138 cm³/mol. The summed E-state index contributed by atoms with van der Waals surface area (Å²) in [6.45, 7) is 7.10. The van der Waals surface area contributed by atoms with Gasteiger partial charge >= 0.3 is 0 Å². The molecule has 4 N–H and O–H groups in total. The number of hydrogen-bond acceptors (Lipinski definition) is 9. The first-order valence-corrected chi connectivity index (χ1v) is 13.3. The molecule has 13 nitrogen and oxygen atoms in total. The van der Waals surface area contributed by atoms with E-state index in [9.17, 15) is 24.3 Å². The first kappa shape index (κ1) is 33.9. The lowest BCUT2D eigenvalue weighted by molar-refractivity contribution is -0.970. The van der Waals surface area contributed by atoms with Crippen LogP contribution in [0.3, 0.4) is 0 Å². The fourth-order valence-electron chi connectivity index (χ4n) is 3.94. The third kappa shape index (κ3) is 17.4. The van der Waals surface area contributed by atoms with Gasteiger partial charge in [-0.1, -0.05) is 0 Å². The van der Waals surface area contributed by atoms with E-state index in [-0.39, 0.29) is 49.4 Å². The minimum Gasteiger partial charge on any atom is -0.382 e. The summed E-state index contributed by atoms with van der Waals surface area (Å²) in [5.74, 6) is -0.295. The number of ether oxygens (including phenoxy) is 4. The molecule has 1 saturated heterocycles. The van der Waals surface area contributed by atoms with Crippen LogP contribution >= 0.6 is 0 Å². The topological polar surface area (TPSA) is 162 Å². The molecule has 1 rings (SSSR count). The SMILES string of the molecule is CNC(=O)COCCOCCOCCOCC(=O)NCC[N+]1(CCNC(=O)CCCCC(C)=O)CC(O)C1. The maximum atomic E-state index is 12.0. The van der Waals surface area contributed by atoms with E-state index >= 15 is 0 Å². The average molecular weight is 548 g/mol. The molecule has 1 heterocycles. The number of amides is 3. The van der Waals surface area contributed by atoms with Crippen molar-refractivity contribution in [3.8, 4) is 0 Å². The maximum absolute atomic E-state index is 12.0. The van der Waals surface area contributed by atoms with Crippen molar-refractivity contribution >= 4 is 23.5 Å². The van der Waals surface area contributed by atoms with Crippen LogP contribution in [0.25, 0.3) is 0 Å². The van der Waals surface area contributed by atoms with Crippen LogP contribution in [-0.2, 0) is 38.1 Å². The Hall–Kier alpha value is -2.16. The van der Waals surface area contributed by atoms with Crippen molar-refractivity contribution in [2.75, 3.05) is 99.2 Å². The van der Waals surface area contributed by atoms with Gasteiger partial charge in [0.05, 0.1) is 65.8 Å². The van der Waals surface area contributed by atoms with Gasteiger partial charge in [0.2, 0.25) is 17.7 Å². The molecular weight excluding hydrogens is 500 g/mol. The molecule has 0 spiro atoms. The van der Waals surface area contributed by atoms with Gasteiger partial charge in [0, 0.05) is 19.9 Å². The van der Waals surface area contributed by atoms with Gasteiger partial charge < -0.3 is 49.3 Å². The van der Waals surface area contributed by atoms with Crippen molar-refractivity contribution in [3.63, 3.8) is 0 Å². The van der Waals surface area contributed by atoms with Crippen molar-refractivity contribution in [2.45, 2.75) is 38.7 Å². The number of aliphatic hydroxyl groups is 1. The molecule has 13 heteroatoms. The molecule has 1 aliphatic rings. The van der Waals surface area contributed by atoms with Crippen LogP contribution in [0.1, 0.15) is 32.6 Å². The standard InChI is InChI=1S/C25H46N4O9/c1-21(30)5-3-4-6-23(32)27-7-9-29(17-22(31)18-29)10-8-28-25(34)20-38-16-14-36-12-11-35-13-15-37-19-24(33)26-2/h22,31H,3-20H2,1-2H3,(H2-,26,27,28,32,33,34)/p+1. The van der Waals surface area contributed by atoms with Gasteiger partial charge in [-0.2, -0.15) is 0 Å². The van der Waals surface area contributed by atoms with Crippen LogP contribution in [-0.4, -0.2) is 138 Å². The Kier molecular flexibility index (Phi) is 18.5. The number of quaternary nitrogens is 1. The first-order valence-electron chi connectivity index (χ1n) is 13.3. The number of likely N-dealkylation sites (tertiary alicyclic amines) is 1. The number of carbonyl (C=O) groups excluding carboxylic acids is 4. The van der Waals surface area contributed by atoms with Gasteiger partial charge in [-0.25, -0.2) is 0 Å². The highest BCUT2D eigenvalue weighted by Crippen LogP contribution is 2.19. The van der Waals surface area contributed by atoms with Crippen LogP contribution in [0.15, 0.2) is 0 Å². The van der Waals surface area contributed by atoms with Crippen molar-refractivity contribution in [1.29, 1.82) is 0 Å². The quantitative estimate of drug-likeness (QED) is 0.0821. The van der Waals surface area contributed by atoms with E-state index in [1.807, 2.05) is 0 Å². The molecule has 0 saturated carbocycles. The Morgan fingerprint density at radius 3 is 1.71 bits per heavy atom. The number of carbonyl (C=O) groups is 4. The molecule has 220 valence electrons. The van der Waals surface area contributed by atoms with Crippen molar-refractivity contribution < 1.29 is 47.7 Å². The van der Waals surface area contributed by atoms with Gasteiger partial charge in [0.25, 0.3) is 0 Å². The Morgan fingerprint density at radius 1 is 0.737 bits per heavy atom. The summed E-state index contributed by atoms with van der Waals surface area (Å²) in [6.07, 6.45) is 1.97. The van der Waals surface area contributed by atoms with Crippen LogP contribution in [0, 0.1) is 0 Å². The van der Waals surface area contributed by atoms with Crippen LogP contribution < -0.4 is 16.0 Å². The second kappa shape index (κ2) is 20.8. The van der Waals surface area contributed by atoms with E-state index in [1.165, 1.54) is 0 Å². The Balaban J connectivity index is 2.00. The van der Waals surface area contributed by atoms with E-state index in [2.05, 4.69) is 16.0 Å². The van der Waals surface area contributed by atoms with Gasteiger partial charge in [-0.3, -0.25) is 14.4 Å². The zero-order valence-electron chi connectivity index (χ0n) is 23.0. The largest absolute Gasteiger partial charge is 0.382 e. The molecule has 0 atom stereocenters. The highest BCUT2D eigenvalue weighted by Gasteiger charge is 2.42. The first-order chi connectivity index (χ1) is 18.3. The number of nitrogens with zero attached hydrogens (tertiary/aromatic N) is 1. The lowest BCUT2D eigenvalue weighted by Gasteiger charge is -2.48. The minimum absolute atomic E-state index is 0.00943. The molecule has 0 bridgehead atoms. The summed E-state index contributed by atoms with van der Waals surface area (Å²) in [7, 11) is 1.55. The number of rotatable bonds is 24. The number of likely N-dealkylation sites (N-methyl/N-ethyl adjacent to an activating group) is 1. The molecule has 1 aliphatic heterocycles. The second-order valence-electron chi connectivity index (χ2n) is 9.42. The van der Waals surface area contributed by atoms with E-state index in [1.54, 1.807) is 14.0 Å². The summed E-state index contributed by atoms with van der Waals surface area (Å²) in [5, 5.41) is 18.0. The number of aliphatic hydroxyl groups excluding tert-OH is 1. The van der Waals surface area contributed by atoms with Crippen LogP contribution in [0.2, 0.25) is 0 Å². The zero-order chi connectivity index (χ0) is 28.1. The van der Waals surface area contributed by atoms with Gasteiger partial charge in [-0.15, -0.1) is 0 Å². The molecule has 0 radical (unpaired) electrons. The Morgan fingerprint density at radius 2 is 1.21 bits per heavy atom. The van der Waals surface area contributed by atoms with Crippen molar-refractivity contribution in [3.05, 3.63) is 0 Å². The summed E-state index contributed by atoms with van der Waals surface area (Å²) >= 11 is 0. The van der Waals surface area contributed by atoms with Crippen molar-refractivity contribution in [2.24, 2.45) is 0 Å². The molecule has 0 aromatic carbocycles. The molecule has 0 unspecified atom stereocenters. The summed E-state index contributed by atoms with van der Waals surface area (Å²) < 4.78 is 21.8. The summed E-state index contributed by atoms with van der Waals surface area (Å²) in [5.41, 5.74) is 0. The number of nitrogens with one attached hydrogen (secondary N) is 3. The smallest absolute Gasteiger partial charge is 0.246 e. The molecule has 38 heavy (non-hydrogen) atoms. The molecule has 0 aliphatic carbocycles. The molecular formula is C25H47N4O9+. The number of hydrogen-bond donors (Lipinski definition) is 4. The highest BCUT2D eigenvalue weighted by molar-refractivity contribution is 5.77. The Bertz CT molecular complexity index is 702. The zero-order valence-corrected chi connectivity index (χ0v) is 23.0. The number of ketones is 1. The second-order valence-corrected chi connectivity index (χ2v) is 9.42. The molecule has 0 aromatic heterocycles. The summed E-state index contributed by atoms with van der Waals surface area (Å²) in [4.78, 5) is 45.9. The molecule has 1 fully saturated rings. The third-order valence-corrected chi connectivity index (χ3v) is 6.06. The van der Waals surface area contributed by atoms with E-state index in [0.717, 1.165) is 6.42 Å². The number of unbranched alkanes of at least 4 members (excludes halogenated alkanes) is 1. The lowest BCUT2D eigenvalue weighted by Crippen LogP contribution is -2.69. The van der Waals surface area contributed by atoms with E-state index < -0.39 is 0 Å². The van der Waals surface area contributed by atoms with Gasteiger partial charge in [0.15, 0.2) is 6.10 Å². The fraction of sp³-hybridized carbons (Fsp3) is 0.840. The van der Waals surface area contributed by atoms with Crippen molar-refractivity contribution in [1.82, 2.24) is 16.0 Å². The van der Waals surface area contributed by atoms with Crippen LogP contribution in [0.4, 0.5) is 0 Å². The highest BCUT2D eigenvalue weighted by atomic mass is 16.6. The lowest BCUT2D eigenvalue weighted by atomic mass is 10.1. The molecule has 0 aromatic rings. The minimum atomic E-state index is -0.357. The monoisotopic (exact) mass is 547 g/mol. The van der Waals surface area contributed by atoms with Gasteiger partial charge in [-0.05, 0) is 19.8 Å². The molecule has 3 amide bonds. The predicted octanol–water partition coefficient (Wildman–Crippen LogP) is -1.63. The van der Waals surface area contributed by atoms with E-state index in [0.29, 0.717) is 96.0 Å². The normalized spacial score (nSPS) is 18.4. The van der Waals surface area contributed by atoms with Crippen LogP contribution in [0.5, 0.6) is 0 Å². The number of Topliss-reactive ketones (excluding diaryl/α,β-unsaturated/α-hetero) is 1.